The van der Waals surface area contributed by atoms with E-state index in [1.165, 1.54) is 6.20 Å². The lowest BCUT2D eigenvalue weighted by Gasteiger charge is -2.07. The molecule has 7 nitrogen and oxygen atoms in total. The second-order valence-corrected chi connectivity index (χ2v) is 4.73. The van der Waals surface area contributed by atoms with E-state index in [0.29, 0.717) is 25.4 Å². The lowest BCUT2D eigenvalue weighted by atomic mass is 10.3. The zero-order valence-corrected chi connectivity index (χ0v) is 13.0. The van der Waals surface area contributed by atoms with Crippen molar-refractivity contribution in [1.29, 1.82) is 0 Å². The van der Waals surface area contributed by atoms with Crippen LogP contribution in [0.4, 0.5) is 5.82 Å². The first-order valence-corrected chi connectivity index (χ1v) is 7.13. The highest BCUT2D eigenvalue weighted by Crippen LogP contribution is 2.04. The van der Waals surface area contributed by atoms with Crippen molar-refractivity contribution in [2.24, 2.45) is 0 Å². The predicted molar refractivity (Wildman–Crippen MR) is 81.7 cm³/mol. The monoisotopic (exact) mass is 301 g/mol. The maximum Gasteiger partial charge on any atom is 0.376 e. The SMILES string of the molecule is CCOC(=O)c1nccc(NCCc2nc(C)cc(C)n2)n1. The van der Waals surface area contributed by atoms with Gasteiger partial charge in [0.15, 0.2) is 0 Å². The van der Waals surface area contributed by atoms with E-state index >= 15 is 0 Å². The van der Waals surface area contributed by atoms with Crippen LogP contribution < -0.4 is 5.32 Å². The maximum atomic E-state index is 11.6. The minimum Gasteiger partial charge on any atom is -0.460 e. The van der Waals surface area contributed by atoms with E-state index in [-0.39, 0.29) is 5.82 Å². The molecule has 2 heterocycles. The average molecular weight is 301 g/mol. The minimum absolute atomic E-state index is 0.0505. The van der Waals surface area contributed by atoms with E-state index in [1.54, 1.807) is 13.0 Å². The van der Waals surface area contributed by atoms with Crippen LogP contribution in [0.2, 0.25) is 0 Å². The fourth-order valence-electron chi connectivity index (χ4n) is 1.96. The summed E-state index contributed by atoms with van der Waals surface area (Å²) in [5.74, 6) is 0.880. The van der Waals surface area contributed by atoms with E-state index in [4.69, 9.17) is 4.74 Å². The van der Waals surface area contributed by atoms with Crippen LogP contribution in [0.5, 0.6) is 0 Å². The number of ether oxygens (including phenoxy) is 1. The number of hydrogen-bond acceptors (Lipinski definition) is 7. The van der Waals surface area contributed by atoms with Gasteiger partial charge in [-0.25, -0.2) is 24.7 Å². The summed E-state index contributed by atoms with van der Waals surface area (Å²) in [7, 11) is 0. The van der Waals surface area contributed by atoms with Crippen LogP contribution in [-0.4, -0.2) is 39.1 Å². The van der Waals surface area contributed by atoms with Gasteiger partial charge in [-0.05, 0) is 32.9 Å². The van der Waals surface area contributed by atoms with E-state index in [9.17, 15) is 4.79 Å². The Morgan fingerprint density at radius 3 is 2.64 bits per heavy atom. The van der Waals surface area contributed by atoms with Crippen LogP contribution in [0.3, 0.4) is 0 Å². The molecule has 0 fully saturated rings. The molecule has 0 saturated heterocycles. The van der Waals surface area contributed by atoms with Gasteiger partial charge >= 0.3 is 5.97 Å². The third-order valence-corrected chi connectivity index (χ3v) is 2.80. The molecule has 0 saturated carbocycles. The third-order valence-electron chi connectivity index (χ3n) is 2.80. The van der Waals surface area contributed by atoms with Gasteiger partial charge in [0.2, 0.25) is 5.82 Å². The number of carbonyl (C=O) groups excluding carboxylic acids is 1. The van der Waals surface area contributed by atoms with E-state index in [2.05, 4.69) is 25.3 Å². The smallest absolute Gasteiger partial charge is 0.376 e. The van der Waals surface area contributed by atoms with Crippen LogP contribution in [0.15, 0.2) is 18.3 Å². The Morgan fingerprint density at radius 2 is 1.95 bits per heavy atom. The minimum atomic E-state index is -0.524. The first-order valence-electron chi connectivity index (χ1n) is 7.13. The fraction of sp³-hybridized carbons (Fsp3) is 0.400. The molecule has 0 aliphatic heterocycles. The summed E-state index contributed by atoms with van der Waals surface area (Å²) in [5, 5.41) is 3.13. The molecule has 2 aromatic rings. The molecular weight excluding hydrogens is 282 g/mol. The lowest BCUT2D eigenvalue weighted by Crippen LogP contribution is -2.13. The Hall–Kier alpha value is -2.57. The number of hydrogen-bond donors (Lipinski definition) is 1. The molecule has 22 heavy (non-hydrogen) atoms. The number of anilines is 1. The van der Waals surface area contributed by atoms with Crippen molar-refractivity contribution in [2.45, 2.75) is 27.2 Å². The summed E-state index contributed by atoms with van der Waals surface area (Å²) in [6.07, 6.45) is 2.19. The van der Waals surface area contributed by atoms with Crippen LogP contribution >= 0.6 is 0 Å². The first-order chi connectivity index (χ1) is 10.6. The Bertz CT molecular complexity index is 640. The van der Waals surface area contributed by atoms with E-state index in [1.807, 2.05) is 19.9 Å². The zero-order chi connectivity index (χ0) is 15.9. The molecule has 7 heteroatoms. The Balaban J connectivity index is 1.94. The Labute approximate surface area is 129 Å². The molecule has 0 amide bonds. The molecule has 0 aliphatic rings. The molecular formula is C15H19N5O2. The van der Waals surface area contributed by atoms with E-state index < -0.39 is 5.97 Å². The van der Waals surface area contributed by atoms with Gasteiger partial charge in [0, 0.05) is 30.6 Å². The number of esters is 1. The van der Waals surface area contributed by atoms with Gasteiger partial charge in [0.05, 0.1) is 6.61 Å². The molecule has 116 valence electrons. The quantitative estimate of drug-likeness (QED) is 0.812. The molecule has 1 N–H and O–H groups in total. The zero-order valence-electron chi connectivity index (χ0n) is 13.0. The average Bonchev–Trinajstić information content (AvgIpc) is 2.47. The summed E-state index contributed by atoms with van der Waals surface area (Å²) in [6.45, 7) is 6.54. The van der Waals surface area contributed by atoms with Crippen molar-refractivity contribution >= 4 is 11.8 Å². The summed E-state index contributed by atoms with van der Waals surface area (Å²) in [6, 6.07) is 3.64. The van der Waals surface area contributed by atoms with Gasteiger partial charge in [-0.2, -0.15) is 0 Å². The molecule has 0 spiro atoms. The summed E-state index contributed by atoms with van der Waals surface area (Å²) in [4.78, 5) is 28.3. The van der Waals surface area contributed by atoms with Gasteiger partial charge in [0.25, 0.3) is 0 Å². The highest BCUT2D eigenvalue weighted by Gasteiger charge is 2.10. The summed E-state index contributed by atoms with van der Waals surface area (Å²) < 4.78 is 4.87. The van der Waals surface area contributed by atoms with Gasteiger partial charge in [-0.3, -0.25) is 0 Å². The second kappa shape index (κ2) is 7.44. The van der Waals surface area contributed by atoms with Gasteiger partial charge in [-0.1, -0.05) is 0 Å². The number of nitrogens with one attached hydrogen (secondary N) is 1. The number of aromatic nitrogens is 4. The fourth-order valence-corrected chi connectivity index (χ4v) is 1.96. The summed E-state index contributed by atoms with van der Waals surface area (Å²) >= 11 is 0. The number of nitrogens with zero attached hydrogens (tertiary/aromatic N) is 4. The van der Waals surface area contributed by atoms with Crippen LogP contribution in [0.25, 0.3) is 0 Å². The largest absolute Gasteiger partial charge is 0.460 e. The van der Waals surface area contributed by atoms with Crippen molar-refractivity contribution < 1.29 is 9.53 Å². The highest BCUT2D eigenvalue weighted by molar-refractivity contribution is 5.85. The molecule has 2 rings (SSSR count). The summed E-state index contributed by atoms with van der Waals surface area (Å²) in [5.41, 5.74) is 1.91. The topological polar surface area (TPSA) is 89.9 Å². The first kappa shape index (κ1) is 15.8. The predicted octanol–water partition coefficient (Wildman–Crippen LogP) is 1.71. The molecule has 0 unspecified atom stereocenters. The number of rotatable bonds is 6. The van der Waals surface area contributed by atoms with Crippen molar-refractivity contribution in [3.05, 3.63) is 41.4 Å². The van der Waals surface area contributed by atoms with Crippen LogP contribution in [0, 0.1) is 13.8 Å². The highest BCUT2D eigenvalue weighted by atomic mass is 16.5. The van der Waals surface area contributed by atoms with Crippen molar-refractivity contribution in [3.8, 4) is 0 Å². The van der Waals surface area contributed by atoms with Crippen LogP contribution in [0.1, 0.15) is 34.8 Å². The molecule has 0 aromatic carbocycles. The van der Waals surface area contributed by atoms with Crippen molar-refractivity contribution in [3.63, 3.8) is 0 Å². The van der Waals surface area contributed by atoms with Gasteiger partial charge in [0.1, 0.15) is 11.6 Å². The Morgan fingerprint density at radius 1 is 1.23 bits per heavy atom. The van der Waals surface area contributed by atoms with Gasteiger partial charge < -0.3 is 10.1 Å². The molecule has 0 aliphatic carbocycles. The van der Waals surface area contributed by atoms with Gasteiger partial charge in [-0.15, -0.1) is 0 Å². The third kappa shape index (κ3) is 4.47. The molecule has 0 radical (unpaired) electrons. The van der Waals surface area contributed by atoms with Crippen molar-refractivity contribution in [2.75, 3.05) is 18.5 Å². The molecule has 2 aromatic heterocycles. The maximum absolute atomic E-state index is 11.6. The van der Waals surface area contributed by atoms with Crippen LogP contribution in [-0.2, 0) is 11.2 Å². The van der Waals surface area contributed by atoms with Crippen molar-refractivity contribution in [1.82, 2.24) is 19.9 Å². The van der Waals surface area contributed by atoms with E-state index in [0.717, 1.165) is 17.2 Å². The standard InChI is InChI=1S/C15H19N5O2/c1-4-22-15(21)14-17-8-5-12(20-14)16-7-6-13-18-10(2)9-11(3)19-13/h5,8-9H,4,6-7H2,1-3H3,(H,16,17,20). The molecule has 0 bridgehead atoms. The molecule has 0 atom stereocenters. The number of carbonyl (C=O) groups is 1. The lowest BCUT2D eigenvalue weighted by molar-refractivity contribution is 0.0512. The normalized spacial score (nSPS) is 10.3. The second-order valence-electron chi connectivity index (χ2n) is 4.73. The number of aryl methyl sites for hydroxylation is 2. The Kier molecular flexibility index (Phi) is 5.35.